The normalized spacial score (nSPS) is 12.5. The fraction of sp³-hybridized carbons (Fsp3) is 0.421. The molecule has 0 N–H and O–H groups in total. The first-order valence-corrected chi connectivity index (χ1v) is 11.2. The molecule has 0 unspecified atom stereocenters. The van der Waals surface area contributed by atoms with E-state index in [4.69, 9.17) is 4.98 Å². The Balaban J connectivity index is 2.37. The second-order valence-corrected chi connectivity index (χ2v) is 13.0. The maximum Gasteiger partial charge on any atom is 0.0799 e. The lowest BCUT2D eigenvalue weighted by atomic mass is 9.86. The minimum absolute atomic E-state index is 0.198. The average Bonchev–Trinajstić information content (AvgIpc) is 2.36. The molecule has 0 saturated heterocycles. The van der Waals surface area contributed by atoms with Gasteiger partial charge in [-0.2, -0.15) is 0 Å². The van der Waals surface area contributed by atoms with Gasteiger partial charge in [0.2, 0.25) is 0 Å². The molecular weight excluding hydrogens is 270 g/mol. The molecule has 0 spiro atoms. The van der Waals surface area contributed by atoms with E-state index in [1.54, 1.807) is 0 Å². The van der Waals surface area contributed by atoms with Crippen LogP contribution in [0.2, 0.25) is 19.6 Å². The van der Waals surface area contributed by atoms with Gasteiger partial charge in [0.15, 0.2) is 0 Å². The van der Waals surface area contributed by atoms with E-state index in [1.807, 2.05) is 0 Å². The quantitative estimate of drug-likeness (QED) is 0.718. The molecule has 0 aliphatic rings. The van der Waals surface area contributed by atoms with Crippen molar-refractivity contribution in [1.29, 1.82) is 0 Å². The first-order chi connectivity index (χ1) is 9.59. The van der Waals surface area contributed by atoms with Gasteiger partial charge in [0.1, 0.15) is 0 Å². The maximum absolute atomic E-state index is 4.70. The lowest BCUT2D eigenvalue weighted by Crippen LogP contribution is -2.39. The number of hydrogen-bond acceptors (Lipinski definition) is 1. The average molecular weight is 298 g/mol. The third-order valence-corrected chi connectivity index (χ3v) is 6.10. The third kappa shape index (κ3) is 3.62. The Morgan fingerprint density at radius 1 is 0.952 bits per heavy atom. The number of rotatable bonds is 2. The number of benzene rings is 1. The fourth-order valence-electron chi connectivity index (χ4n) is 2.64. The topological polar surface area (TPSA) is 12.9 Å². The summed E-state index contributed by atoms with van der Waals surface area (Å²) >= 11 is 0. The minimum Gasteiger partial charge on any atom is -0.256 e. The Kier molecular flexibility index (Phi) is 4.12. The van der Waals surface area contributed by atoms with Crippen molar-refractivity contribution in [2.24, 2.45) is 0 Å². The molecule has 0 amide bonds. The summed E-state index contributed by atoms with van der Waals surface area (Å²) in [6, 6.07) is 11.1. The van der Waals surface area contributed by atoms with E-state index < -0.39 is 8.07 Å². The predicted octanol–water partition coefficient (Wildman–Crippen LogP) is 4.90. The van der Waals surface area contributed by atoms with E-state index in [-0.39, 0.29) is 5.41 Å². The van der Waals surface area contributed by atoms with Crippen LogP contribution >= 0.6 is 0 Å². The van der Waals surface area contributed by atoms with Crippen molar-refractivity contribution in [3.05, 3.63) is 47.7 Å². The van der Waals surface area contributed by atoms with Crippen molar-refractivity contribution in [2.75, 3.05) is 0 Å². The molecule has 2 heteroatoms. The van der Waals surface area contributed by atoms with Crippen molar-refractivity contribution < 1.29 is 0 Å². The van der Waals surface area contributed by atoms with E-state index in [1.165, 1.54) is 21.9 Å². The van der Waals surface area contributed by atoms with Crippen molar-refractivity contribution >= 4 is 13.3 Å². The van der Waals surface area contributed by atoms with Crippen LogP contribution in [0.1, 0.15) is 31.9 Å². The highest BCUT2D eigenvalue weighted by Gasteiger charge is 2.19. The maximum atomic E-state index is 4.70. The zero-order valence-corrected chi connectivity index (χ0v) is 15.4. The molecule has 0 aliphatic heterocycles. The Labute approximate surface area is 130 Å². The van der Waals surface area contributed by atoms with Crippen LogP contribution in [0, 0.1) is 6.92 Å². The van der Waals surface area contributed by atoms with Crippen LogP contribution in [0.5, 0.6) is 0 Å². The van der Waals surface area contributed by atoms with Crippen molar-refractivity contribution in [2.45, 2.75) is 52.8 Å². The van der Waals surface area contributed by atoms with Gasteiger partial charge < -0.3 is 0 Å². The Morgan fingerprint density at radius 2 is 1.52 bits per heavy atom. The van der Waals surface area contributed by atoms with Crippen LogP contribution in [0.15, 0.2) is 36.5 Å². The van der Waals surface area contributed by atoms with Crippen LogP contribution in [0.3, 0.4) is 0 Å². The monoisotopic (exact) mass is 297 g/mol. The van der Waals surface area contributed by atoms with Crippen LogP contribution < -0.4 is 5.19 Å². The number of nitrogens with zero attached hydrogens (tertiary/aromatic N) is 1. The molecule has 0 atom stereocenters. The van der Waals surface area contributed by atoms with Gasteiger partial charge in [-0.15, -0.1) is 0 Å². The van der Waals surface area contributed by atoms with E-state index in [2.05, 4.69) is 83.9 Å². The van der Waals surface area contributed by atoms with Crippen LogP contribution in [0.4, 0.5) is 0 Å². The first kappa shape index (κ1) is 16.0. The highest BCUT2D eigenvalue weighted by Crippen LogP contribution is 2.25. The highest BCUT2D eigenvalue weighted by molar-refractivity contribution is 6.89. The Hall–Kier alpha value is -1.41. The highest BCUT2D eigenvalue weighted by atomic mass is 28.3. The summed E-state index contributed by atoms with van der Waals surface area (Å²) in [6.07, 6.45) is 2.09. The van der Waals surface area contributed by atoms with Crippen LogP contribution in [-0.2, 0) is 5.41 Å². The number of aromatic nitrogens is 1. The molecule has 0 aliphatic carbocycles. The molecule has 112 valence electrons. The van der Waals surface area contributed by atoms with Crippen molar-refractivity contribution in [1.82, 2.24) is 4.98 Å². The number of pyridine rings is 1. The standard InChI is InChI=1S/C19H27NSi/c1-14-12-17(20-13-18(14)21(5,6)7)15-8-10-16(11-9-15)19(2,3)4/h8-13H,1-7H3. The fourth-order valence-corrected chi connectivity index (χ4v) is 4.35. The smallest absolute Gasteiger partial charge is 0.0799 e. The summed E-state index contributed by atoms with van der Waals surface area (Å²) in [4.78, 5) is 4.70. The summed E-state index contributed by atoms with van der Waals surface area (Å²) in [5, 5.41) is 1.46. The van der Waals surface area contributed by atoms with Crippen molar-refractivity contribution in [3.63, 3.8) is 0 Å². The van der Waals surface area contributed by atoms with Gasteiger partial charge >= 0.3 is 0 Å². The summed E-state index contributed by atoms with van der Waals surface area (Å²) in [5.74, 6) is 0. The molecule has 0 radical (unpaired) electrons. The zero-order valence-electron chi connectivity index (χ0n) is 14.4. The second-order valence-electron chi connectivity index (χ2n) is 7.96. The summed E-state index contributed by atoms with van der Waals surface area (Å²) in [5.41, 5.74) is 5.22. The molecule has 0 bridgehead atoms. The van der Waals surface area contributed by atoms with E-state index in [0.717, 1.165) is 5.69 Å². The Bertz CT molecular complexity index is 628. The van der Waals surface area contributed by atoms with Gasteiger partial charge in [-0.1, -0.05) is 64.7 Å². The van der Waals surface area contributed by atoms with Gasteiger partial charge in [-0.3, -0.25) is 4.98 Å². The summed E-state index contributed by atoms with van der Waals surface area (Å²) < 4.78 is 0. The van der Waals surface area contributed by atoms with Crippen LogP contribution in [-0.4, -0.2) is 13.1 Å². The van der Waals surface area contributed by atoms with E-state index in [0.29, 0.717) is 0 Å². The number of aryl methyl sites for hydroxylation is 1. The molecular formula is C19H27NSi. The van der Waals surface area contributed by atoms with Gasteiger partial charge in [0, 0.05) is 11.8 Å². The lowest BCUT2D eigenvalue weighted by Gasteiger charge is -2.20. The molecule has 1 heterocycles. The zero-order chi connectivity index (χ0) is 15.8. The lowest BCUT2D eigenvalue weighted by molar-refractivity contribution is 0.590. The molecule has 21 heavy (non-hydrogen) atoms. The van der Waals surface area contributed by atoms with Gasteiger partial charge in [0.05, 0.1) is 13.8 Å². The molecule has 1 aromatic heterocycles. The largest absolute Gasteiger partial charge is 0.256 e. The van der Waals surface area contributed by atoms with Crippen LogP contribution in [0.25, 0.3) is 11.3 Å². The molecule has 0 saturated carbocycles. The second kappa shape index (κ2) is 5.41. The van der Waals surface area contributed by atoms with Gasteiger partial charge in [0.25, 0.3) is 0 Å². The molecule has 0 fully saturated rings. The first-order valence-electron chi connectivity index (χ1n) is 7.67. The van der Waals surface area contributed by atoms with E-state index in [9.17, 15) is 0 Å². The predicted molar refractivity (Wildman–Crippen MR) is 96.1 cm³/mol. The molecule has 1 aromatic carbocycles. The number of hydrogen-bond donors (Lipinski definition) is 0. The molecule has 2 aromatic rings. The minimum atomic E-state index is -1.30. The molecule has 1 nitrogen and oxygen atoms in total. The van der Waals surface area contributed by atoms with E-state index >= 15 is 0 Å². The summed E-state index contributed by atoms with van der Waals surface area (Å²) in [6.45, 7) is 16.0. The van der Waals surface area contributed by atoms with Crippen molar-refractivity contribution in [3.8, 4) is 11.3 Å². The van der Waals surface area contributed by atoms with Gasteiger partial charge in [-0.25, -0.2) is 0 Å². The third-order valence-electron chi connectivity index (χ3n) is 3.97. The molecule has 2 rings (SSSR count). The summed E-state index contributed by atoms with van der Waals surface area (Å²) in [7, 11) is -1.30. The van der Waals surface area contributed by atoms with Gasteiger partial charge in [-0.05, 0) is 34.7 Å². The Morgan fingerprint density at radius 3 is 1.95 bits per heavy atom. The SMILES string of the molecule is Cc1cc(-c2ccc(C(C)(C)C)cc2)ncc1[Si](C)(C)C.